The van der Waals surface area contributed by atoms with E-state index >= 15 is 0 Å². The van der Waals surface area contributed by atoms with Crippen LogP contribution in [0, 0.1) is 13.8 Å². The lowest BCUT2D eigenvalue weighted by Crippen LogP contribution is -2.07. The fourth-order valence-electron chi connectivity index (χ4n) is 2.57. The Hall–Kier alpha value is -2.07. The molecule has 0 amide bonds. The molecule has 0 bridgehead atoms. The Morgan fingerprint density at radius 3 is 2.71 bits per heavy atom. The Balaban J connectivity index is 1.82. The first-order valence-corrected chi connectivity index (χ1v) is 7.88. The van der Waals surface area contributed by atoms with Gasteiger partial charge in [0.25, 0.3) is 0 Å². The average Bonchev–Trinajstić information content (AvgIpc) is 3.08. The first-order chi connectivity index (χ1) is 10.1. The zero-order valence-corrected chi connectivity index (χ0v) is 13.3. The van der Waals surface area contributed by atoms with E-state index in [-0.39, 0.29) is 0 Å². The van der Waals surface area contributed by atoms with Crippen molar-refractivity contribution >= 4 is 17.0 Å². The zero-order valence-electron chi connectivity index (χ0n) is 12.5. The van der Waals surface area contributed by atoms with Crippen LogP contribution >= 0.6 is 11.3 Å². The molecule has 0 radical (unpaired) electrons. The molecule has 0 aliphatic heterocycles. The van der Waals surface area contributed by atoms with Gasteiger partial charge in [0.05, 0.1) is 5.69 Å². The highest BCUT2D eigenvalue weighted by Gasteiger charge is 2.11. The lowest BCUT2D eigenvalue weighted by molar-refractivity contribution is 0.868. The molecule has 2 heterocycles. The quantitative estimate of drug-likeness (QED) is 0.755. The van der Waals surface area contributed by atoms with Gasteiger partial charge in [0, 0.05) is 33.9 Å². The molecule has 1 aromatic carbocycles. The summed E-state index contributed by atoms with van der Waals surface area (Å²) in [5.74, 6) is 0. The minimum Gasteiger partial charge on any atom is -0.378 e. The van der Waals surface area contributed by atoms with Crippen molar-refractivity contribution in [2.45, 2.75) is 26.8 Å². The Bertz CT molecular complexity index is 728. The molecule has 1 N–H and O–H groups in total. The van der Waals surface area contributed by atoms with Crippen LogP contribution in [0.3, 0.4) is 0 Å². The van der Waals surface area contributed by atoms with Crippen LogP contribution in [-0.4, -0.2) is 9.78 Å². The van der Waals surface area contributed by atoms with Gasteiger partial charge in [0.15, 0.2) is 0 Å². The summed E-state index contributed by atoms with van der Waals surface area (Å²) in [6.45, 7) is 6.55. The smallest absolute Gasteiger partial charge is 0.0666 e. The summed E-state index contributed by atoms with van der Waals surface area (Å²) in [6.07, 6.45) is 3.75. The van der Waals surface area contributed by atoms with Crippen molar-refractivity contribution in [2.75, 3.05) is 5.32 Å². The highest BCUT2D eigenvalue weighted by atomic mass is 32.1. The summed E-state index contributed by atoms with van der Waals surface area (Å²) in [4.78, 5) is 2.75. The molecular weight excluding hydrogens is 278 g/mol. The first kappa shape index (κ1) is 13.9. The normalized spacial score (nSPS) is 12.3. The van der Waals surface area contributed by atoms with E-state index in [0.29, 0.717) is 6.04 Å². The van der Waals surface area contributed by atoms with E-state index in [4.69, 9.17) is 0 Å². The maximum Gasteiger partial charge on any atom is 0.0666 e. The predicted molar refractivity (Wildman–Crippen MR) is 89.4 cm³/mol. The molecule has 0 saturated carbocycles. The molecule has 0 saturated heterocycles. The number of hydrogen-bond acceptors (Lipinski definition) is 3. The van der Waals surface area contributed by atoms with Crippen LogP contribution in [0.1, 0.15) is 28.3 Å². The average molecular weight is 297 g/mol. The van der Waals surface area contributed by atoms with Crippen LogP contribution in [0.15, 0.2) is 48.8 Å². The molecule has 3 nitrogen and oxygen atoms in total. The molecule has 21 heavy (non-hydrogen) atoms. The number of nitrogens with zero attached hydrogens (tertiary/aromatic N) is 2. The molecule has 0 spiro atoms. The van der Waals surface area contributed by atoms with Gasteiger partial charge in [-0.3, -0.25) is 0 Å². The number of hydrogen-bond donors (Lipinski definition) is 1. The van der Waals surface area contributed by atoms with Gasteiger partial charge in [-0.15, -0.1) is 11.3 Å². The number of aromatic nitrogens is 2. The third-order valence-electron chi connectivity index (χ3n) is 3.54. The number of rotatable bonds is 4. The van der Waals surface area contributed by atoms with E-state index in [2.05, 4.69) is 61.5 Å². The van der Waals surface area contributed by atoms with Crippen molar-refractivity contribution in [3.05, 3.63) is 64.1 Å². The molecular formula is C17H19N3S. The number of nitrogens with one attached hydrogen (secondary N) is 1. The van der Waals surface area contributed by atoms with Crippen LogP contribution < -0.4 is 5.32 Å². The van der Waals surface area contributed by atoms with Crippen molar-refractivity contribution < 1.29 is 0 Å². The van der Waals surface area contributed by atoms with Gasteiger partial charge in [-0.1, -0.05) is 6.07 Å². The molecule has 0 aliphatic carbocycles. The summed E-state index contributed by atoms with van der Waals surface area (Å²) >= 11 is 1.86. The zero-order chi connectivity index (χ0) is 14.8. The Kier molecular flexibility index (Phi) is 3.80. The second-order valence-corrected chi connectivity index (χ2v) is 6.70. The number of thiophene rings is 1. The molecule has 0 aliphatic rings. The van der Waals surface area contributed by atoms with Crippen LogP contribution in [0.5, 0.6) is 0 Å². The van der Waals surface area contributed by atoms with Crippen LogP contribution in [0.2, 0.25) is 0 Å². The monoisotopic (exact) mass is 297 g/mol. The van der Waals surface area contributed by atoms with Crippen molar-refractivity contribution in [3.63, 3.8) is 0 Å². The van der Waals surface area contributed by atoms with Crippen LogP contribution in [-0.2, 0) is 0 Å². The third-order valence-corrected chi connectivity index (χ3v) is 4.53. The van der Waals surface area contributed by atoms with Crippen LogP contribution in [0.25, 0.3) is 5.69 Å². The SMILES string of the molecule is Cc1cc(C(C)Nc2cccc(-n3cccn3)c2)c(C)s1. The van der Waals surface area contributed by atoms with E-state index in [1.807, 2.05) is 28.3 Å². The van der Waals surface area contributed by atoms with Crippen molar-refractivity contribution in [3.8, 4) is 5.69 Å². The van der Waals surface area contributed by atoms with Crippen molar-refractivity contribution in [1.82, 2.24) is 9.78 Å². The summed E-state index contributed by atoms with van der Waals surface area (Å²) in [6, 6.07) is 12.8. The highest BCUT2D eigenvalue weighted by Crippen LogP contribution is 2.29. The largest absolute Gasteiger partial charge is 0.378 e. The van der Waals surface area contributed by atoms with E-state index < -0.39 is 0 Å². The van der Waals surface area contributed by atoms with Gasteiger partial charge >= 0.3 is 0 Å². The van der Waals surface area contributed by atoms with E-state index in [0.717, 1.165) is 11.4 Å². The molecule has 4 heteroatoms. The highest BCUT2D eigenvalue weighted by molar-refractivity contribution is 7.12. The lowest BCUT2D eigenvalue weighted by atomic mass is 10.1. The van der Waals surface area contributed by atoms with E-state index in [9.17, 15) is 0 Å². The van der Waals surface area contributed by atoms with Gasteiger partial charge in [-0.05, 0) is 56.7 Å². The summed E-state index contributed by atoms with van der Waals surface area (Å²) < 4.78 is 1.87. The summed E-state index contributed by atoms with van der Waals surface area (Å²) in [5.41, 5.74) is 3.55. The van der Waals surface area contributed by atoms with Crippen molar-refractivity contribution in [2.24, 2.45) is 0 Å². The third kappa shape index (κ3) is 3.00. The topological polar surface area (TPSA) is 29.9 Å². The molecule has 0 fully saturated rings. The predicted octanol–water partition coefficient (Wildman–Crippen LogP) is 4.72. The fourth-order valence-corrected chi connectivity index (χ4v) is 3.59. The maximum absolute atomic E-state index is 4.27. The molecule has 3 rings (SSSR count). The Morgan fingerprint density at radius 1 is 1.19 bits per heavy atom. The van der Waals surface area contributed by atoms with Gasteiger partial charge in [-0.2, -0.15) is 5.10 Å². The van der Waals surface area contributed by atoms with Gasteiger partial charge in [0.1, 0.15) is 0 Å². The molecule has 1 unspecified atom stereocenters. The first-order valence-electron chi connectivity index (χ1n) is 7.07. The molecule has 2 aromatic heterocycles. The number of benzene rings is 1. The Morgan fingerprint density at radius 2 is 2.05 bits per heavy atom. The minimum absolute atomic E-state index is 0.294. The van der Waals surface area contributed by atoms with Gasteiger partial charge < -0.3 is 5.32 Å². The molecule has 3 aromatic rings. The van der Waals surface area contributed by atoms with Gasteiger partial charge in [0.2, 0.25) is 0 Å². The van der Waals surface area contributed by atoms with Crippen molar-refractivity contribution in [1.29, 1.82) is 0 Å². The summed E-state index contributed by atoms with van der Waals surface area (Å²) in [5, 5.41) is 7.85. The van der Waals surface area contributed by atoms with Gasteiger partial charge in [-0.25, -0.2) is 4.68 Å². The fraction of sp³-hybridized carbons (Fsp3) is 0.235. The second-order valence-electron chi connectivity index (χ2n) is 5.24. The van der Waals surface area contributed by atoms with E-state index in [1.165, 1.54) is 15.3 Å². The van der Waals surface area contributed by atoms with Crippen LogP contribution in [0.4, 0.5) is 5.69 Å². The molecule has 108 valence electrons. The Labute approximate surface area is 129 Å². The number of anilines is 1. The number of aryl methyl sites for hydroxylation is 2. The van der Waals surface area contributed by atoms with E-state index in [1.54, 1.807) is 6.20 Å². The summed E-state index contributed by atoms with van der Waals surface area (Å²) in [7, 11) is 0. The lowest BCUT2D eigenvalue weighted by Gasteiger charge is -2.16. The maximum atomic E-state index is 4.27. The standard InChI is InChI=1S/C17H19N3S/c1-12-10-17(14(3)21-12)13(2)19-15-6-4-7-16(11-15)20-9-5-8-18-20/h4-11,13,19H,1-3H3. The molecule has 1 atom stereocenters. The second kappa shape index (κ2) is 5.74. The minimum atomic E-state index is 0.294.